The number of unbranched alkanes of at least 4 members (excludes halogenated alkanes) is 1. The van der Waals surface area contributed by atoms with Crippen LogP contribution in [0.2, 0.25) is 0 Å². The van der Waals surface area contributed by atoms with E-state index >= 15 is 0 Å². The molecule has 1 atom stereocenters. The maximum absolute atomic E-state index is 12.4. The Hall–Kier alpha value is -1.75. The molecule has 1 unspecified atom stereocenters. The highest BCUT2D eigenvalue weighted by Crippen LogP contribution is 2.28. The SMILES string of the molecule is CCCCC(CN)NC(=O)c1ccc(OCC(C)C)c(OC)c1. The number of amides is 1. The van der Waals surface area contributed by atoms with Gasteiger partial charge in [0.05, 0.1) is 13.7 Å². The predicted molar refractivity (Wildman–Crippen MR) is 93.2 cm³/mol. The fourth-order valence-corrected chi connectivity index (χ4v) is 2.15. The van der Waals surface area contributed by atoms with Gasteiger partial charge in [-0.25, -0.2) is 0 Å². The maximum atomic E-state index is 12.4. The molecule has 0 aromatic heterocycles. The van der Waals surface area contributed by atoms with Gasteiger partial charge in [0.25, 0.3) is 5.91 Å². The largest absolute Gasteiger partial charge is 0.493 e. The number of hydrogen-bond donors (Lipinski definition) is 2. The molecule has 5 heteroatoms. The zero-order valence-corrected chi connectivity index (χ0v) is 14.7. The molecule has 0 saturated carbocycles. The summed E-state index contributed by atoms with van der Waals surface area (Å²) in [4.78, 5) is 12.4. The van der Waals surface area contributed by atoms with E-state index in [0.29, 0.717) is 36.1 Å². The van der Waals surface area contributed by atoms with Gasteiger partial charge in [0.1, 0.15) is 0 Å². The van der Waals surface area contributed by atoms with Crippen LogP contribution in [0.4, 0.5) is 0 Å². The van der Waals surface area contributed by atoms with Gasteiger partial charge in [0.15, 0.2) is 11.5 Å². The van der Waals surface area contributed by atoms with Crippen LogP contribution < -0.4 is 20.5 Å². The van der Waals surface area contributed by atoms with E-state index in [9.17, 15) is 4.79 Å². The van der Waals surface area contributed by atoms with Crippen molar-refractivity contribution in [1.29, 1.82) is 0 Å². The molecule has 1 aromatic carbocycles. The Morgan fingerprint density at radius 1 is 1.30 bits per heavy atom. The van der Waals surface area contributed by atoms with Crippen LogP contribution in [-0.4, -0.2) is 32.2 Å². The van der Waals surface area contributed by atoms with E-state index in [-0.39, 0.29) is 11.9 Å². The lowest BCUT2D eigenvalue weighted by atomic mass is 10.1. The monoisotopic (exact) mass is 322 g/mol. The molecule has 0 saturated heterocycles. The first-order valence-electron chi connectivity index (χ1n) is 8.33. The average molecular weight is 322 g/mol. The lowest BCUT2D eigenvalue weighted by molar-refractivity contribution is 0.0935. The number of nitrogens with two attached hydrogens (primary N) is 1. The summed E-state index contributed by atoms with van der Waals surface area (Å²) in [5.41, 5.74) is 6.28. The first kappa shape index (κ1) is 19.3. The quantitative estimate of drug-likeness (QED) is 0.694. The molecule has 0 spiro atoms. The second-order valence-corrected chi connectivity index (χ2v) is 6.12. The van der Waals surface area contributed by atoms with E-state index in [4.69, 9.17) is 15.2 Å². The molecule has 0 radical (unpaired) electrons. The fourth-order valence-electron chi connectivity index (χ4n) is 2.15. The van der Waals surface area contributed by atoms with Crippen LogP contribution in [0.1, 0.15) is 50.4 Å². The molecule has 0 aliphatic heterocycles. The van der Waals surface area contributed by atoms with Gasteiger partial charge in [-0.2, -0.15) is 0 Å². The molecule has 0 bridgehead atoms. The summed E-state index contributed by atoms with van der Waals surface area (Å²) < 4.78 is 11.0. The third kappa shape index (κ3) is 6.48. The van der Waals surface area contributed by atoms with Gasteiger partial charge in [0, 0.05) is 18.2 Å². The van der Waals surface area contributed by atoms with Crippen LogP contribution in [0.15, 0.2) is 18.2 Å². The van der Waals surface area contributed by atoms with Gasteiger partial charge in [-0.15, -0.1) is 0 Å². The van der Waals surface area contributed by atoms with E-state index in [1.54, 1.807) is 25.3 Å². The Kier molecular flexibility index (Phi) is 8.48. The second-order valence-electron chi connectivity index (χ2n) is 6.12. The molecule has 1 amide bonds. The van der Waals surface area contributed by atoms with Crippen LogP contribution >= 0.6 is 0 Å². The minimum atomic E-state index is -0.134. The summed E-state index contributed by atoms with van der Waals surface area (Å²) in [5.74, 6) is 1.51. The number of rotatable bonds is 10. The molecule has 5 nitrogen and oxygen atoms in total. The van der Waals surface area contributed by atoms with E-state index in [2.05, 4.69) is 26.1 Å². The first-order valence-corrected chi connectivity index (χ1v) is 8.33. The molecule has 1 rings (SSSR count). The van der Waals surface area contributed by atoms with Crippen LogP contribution in [0, 0.1) is 5.92 Å². The normalized spacial score (nSPS) is 12.1. The van der Waals surface area contributed by atoms with Crippen molar-refractivity contribution in [2.24, 2.45) is 11.7 Å². The molecule has 0 fully saturated rings. The van der Waals surface area contributed by atoms with E-state index < -0.39 is 0 Å². The van der Waals surface area contributed by atoms with Crippen LogP contribution in [0.3, 0.4) is 0 Å². The lowest BCUT2D eigenvalue weighted by Gasteiger charge is -2.17. The van der Waals surface area contributed by atoms with Crippen molar-refractivity contribution >= 4 is 5.91 Å². The van der Waals surface area contributed by atoms with Gasteiger partial charge >= 0.3 is 0 Å². The topological polar surface area (TPSA) is 73.6 Å². The minimum absolute atomic E-state index is 0.00492. The van der Waals surface area contributed by atoms with Crippen LogP contribution in [0.25, 0.3) is 0 Å². The number of benzene rings is 1. The zero-order valence-electron chi connectivity index (χ0n) is 14.7. The Morgan fingerprint density at radius 3 is 2.61 bits per heavy atom. The van der Waals surface area contributed by atoms with E-state index in [1.807, 2.05) is 0 Å². The van der Waals surface area contributed by atoms with Crippen LogP contribution in [-0.2, 0) is 0 Å². The summed E-state index contributed by atoms with van der Waals surface area (Å²) in [7, 11) is 1.57. The van der Waals surface area contributed by atoms with Gasteiger partial charge in [0.2, 0.25) is 0 Å². The van der Waals surface area contributed by atoms with Crippen molar-refractivity contribution in [3.05, 3.63) is 23.8 Å². The zero-order chi connectivity index (χ0) is 17.2. The standard InChI is InChI=1S/C18H30N2O3/c1-5-6-7-15(11-19)20-18(21)14-8-9-16(17(10-14)22-4)23-12-13(2)3/h8-10,13,15H,5-7,11-12,19H2,1-4H3,(H,20,21). The third-order valence-corrected chi connectivity index (χ3v) is 3.52. The van der Waals surface area contributed by atoms with Crippen LogP contribution in [0.5, 0.6) is 11.5 Å². The average Bonchev–Trinajstić information content (AvgIpc) is 2.56. The summed E-state index contributed by atoms with van der Waals surface area (Å²) in [5, 5.41) is 2.98. The van der Waals surface area contributed by atoms with Crippen molar-refractivity contribution in [1.82, 2.24) is 5.32 Å². The first-order chi connectivity index (χ1) is 11.0. The highest BCUT2D eigenvalue weighted by atomic mass is 16.5. The maximum Gasteiger partial charge on any atom is 0.251 e. The van der Waals surface area contributed by atoms with Gasteiger partial charge < -0.3 is 20.5 Å². The molecule has 3 N–H and O–H groups in total. The van der Waals surface area contributed by atoms with Crippen molar-refractivity contribution < 1.29 is 14.3 Å². The molecule has 1 aromatic rings. The highest BCUT2D eigenvalue weighted by Gasteiger charge is 2.15. The van der Waals surface area contributed by atoms with Crippen molar-refractivity contribution in [2.45, 2.75) is 46.1 Å². The number of ether oxygens (including phenoxy) is 2. The number of carbonyl (C=O) groups is 1. The Bertz CT molecular complexity index is 489. The third-order valence-electron chi connectivity index (χ3n) is 3.52. The number of methoxy groups -OCH3 is 1. The summed E-state index contributed by atoms with van der Waals surface area (Å²) in [6, 6.07) is 5.24. The second kappa shape index (κ2) is 10.1. The van der Waals surface area contributed by atoms with Gasteiger partial charge in [-0.1, -0.05) is 33.6 Å². The van der Waals surface area contributed by atoms with Gasteiger partial charge in [-0.05, 0) is 30.5 Å². The molecule has 0 heterocycles. The Balaban J connectivity index is 2.77. The molecule has 130 valence electrons. The molecular weight excluding hydrogens is 292 g/mol. The smallest absolute Gasteiger partial charge is 0.251 e. The summed E-state index contributed by atoms with van der Waals surface area (Å²) in [6.45, 7) is 7.33. The molecule has 23 heavy (non-hydrogen) atoms. The van der Waals surface area contributed by atoms with E-state index in [0.717, 1.165) is 19.3 Å². The Labute approximate surface area is 139 Å². The summed E-state index contributed by atoms with van der Waals surface area (Å²) in [6.07, 6.45) is 3.03. The lowest BCUT2D eigenvalue weighted by Crippen LogP contribution is -2.40. The molecule has 0 aliphatic rings. The van der Waals surface area contributed by atoms with E-state index in [1.165, 1.54) is 0 Å². The molecule has 0 aliphatic carbocycles. The fraction of sp³-hybridized carbons (Fsp3) is 0.611. The van der Waals surface area contributed by atoms with Gasteiger partial charge in [-0.3, -0.25) is 4.79 Å². The number of hydrogen-bond acceptors (Lipinski definition) is 4. The number of nitrogens with one attached hydrogen (secondary N) is 1. The van der Waals surface area contributed by atoms with Crippen molar-refractivity contribution in [3.63, 3.8) is 0 Å². The minimum Gasteiger partial charge on any atom is -0.493 e. The highest BCUT2D eigenvalue weighted by molar-refractivity contribution is 5.95. The molecular formula is C18H30N2O3. The Morgan fingerprint density at radius 2 is 2.04 bits per heavy atom. The van der Waals surface area contributed by atoms with Crippen molar-refractivity contribution in [2.75, 3.05) is 20.3 Å². The van der Waals surface area contributed by atoms with Crippen molar-refractivity contribution in [3.8, 4) is 11.5 Å². The predicted octanol–water partition coefficient (Wildman–Crippen LogP) is 2.98. The number of carbonyl (C=O) groups excluding carboxylic acids is 1. The summed E-state index contributed by atoms with van der Waals surface area (Å²) >= 11 is 0.